The van der Waals surface area contributed by atoms with Gasteiger partial charge in [-0.1, -0.05) is 30.3 Å². The summed E-state index contributed by atoms with van der Waals surface area (Å²) < 4.78 is 1.29. The molecule has 1 aromatic carbocycles. The summed E-state index contributed by atoms with van der Waals surface area (Å²) in [7, 11) is 1.57. The van der Waals surface area contributed by atoms with E-state index in [9.17, 15) is 9.59 Å². The number of hydrogen-bond acceptors (Lipinski definition) is 2. The summed E-state index contributed by atoms with van der Waals surface area (Å²) in [6.07, 6.45) is 1.58. The van der Waals surface area contributed by atoms with E-state index in [2.05, 4.69) is 0 Å². The molecule has 0 atom stereocenters. The first-order valence-electron chi connectivity index (χ1n) is 4.95. The molecule has 0 aliphatic carbocycles. The first-order valence-corrected chi connectivity index (χ1v) is 4.95. The Morgan fingerprint density at radius 1 is 0.938 bits per heavy atom. The van der Waals surface area contributed by atoms with E-state index in [-0.39, 0.29) is 0 Å². The van der Waals surface area contributed by atoms with Gasteiger partial charge in [0.05, 0.1) is 0 Å². The van der Waals surface area contributed by atoms with Crippen molar-refractivity contribution >= 4 is 0 Å². The zero-order valence-corrected chi connectivity index (χ0v) is 8.88. The minimum absolute atomic E-state index is 0.436. The third-order valence-electron chi connectivity index (χ3n) is 2.42. The molecule has 3 heteroatoms. The van der Waals surface area contributed by atoms with Gasteiger partial charge in [0.2, 0.25) is 0 Å². The van der Waals surface area contributed by atoms with E-state index in [1.165, 1.54) is 4.57 Å². The molecule has 1 aromatic heterocycles. The summed E-state index contributed by atoms with van der Waals surface area (Å²) in [6.45, 7) is 0. The van der Waals surface area contributed by atoms with Crippen molar-refractivity contribution in [2.24, 2.45) is 7.05 Å². The van der Waals surface area contributed by atoms with E-state index >= 15 is 0 Å². The van der Waals surface area contributed by atoms with Crippen molar-refractivity contribution in [1.29, 1.82) is 0 Å². The Kier molecular flexibility index (Phi) is 2.68. The van der Waals surface area contributed by atoms with Crippen LogP contribution in [0.2, 0.25) is 0 Å². The van der Waals surface area contributed by atoms with Crippen LogP contribution in [-0.4, -0.2) is 4.57 Å². The predicted molar refractivity (Wildman–Crippen MR) is 63.4 cm³/mol. The van der Waals surface area contributed by atoms with Crippen LogP contribution in [0, 0.1) is 0 Å². The summed E-state index contributed by atoms with van der Waals surface area (Å²) in [5, 5.41) is 0. The van der Waals surface area contributed by atoms with Gasteiger partial charge in [0.25, 0.3) is 11.0 Å². The fraction of sp³-hybridized carbons (Fsp3) is 0.0769. The Hall–Kier alpha value is -2.16. The fourth-order valence-electron chi connectivity index (χ4n) is 1.53. The second-order valence-corrected chi connectivity index (χ2v) is 3.53. The van der Waals surface area contributed by atoms with Crippen LogP contribution < -0.4 is 11.0 Å². The Labute approximate surface area is 92.6 Å². The highest BCUT2D eigenvalue weighted by atomic mass is 16.2. The van der Waals surface area contributed by atoms with Crippen molar-refractivity contribution in [2.45, 2.75) is 0 Å². The van der Waals surface area contributed by atoms with Crippen molar-refractivity contribution in [2.75, 3.05) is 0 Å². The lowest BCUT2D eigenvalue weighted by Gasteiger charge is -1.95. The van der Waals surface area contributed by atoms with Gasteiger partial charge in [0, 0.05) is 18.8 Å². The molecule has 0 bridgehead atoms. The summed E-state index contributed by atoms with van der Waals surface area (Å²) in [4.78, 5) is 23.5. The summed E-state index contributed by atoms with van der Waals surface area (Å²) in [5.74, 6) is 0. The molecular weight excluding hydrogens is 202 g/mol. The highest BCUT2D eigenvalue weighted by Gasteiger charge is 2.04. The van der Waals surface area contributed by atoms with Gasteiger partial charge in [0.1, 0.15) is 0 Å². The van der Waals surface area contributed by atoms with Crippen molar-refractivity contribution in [3.8, 4) is 11.1 Å². The van der Waals surface area contributed by atoms with Gasteiger partial charge in [-0.05, 0) is 17.7 Å². The molecule has 0 amide bonds. The zero-order valence-electron chi connectivity index (χ0n) is 8.88. The lowest BCUT2D eigenvalue weighted by atomic mass is 10.1. The molecule has 0 saturated carbocycles. The summed E-state index contributed by atoms with van der Waals surface area (Å²) in [6, 6.07) is 12.5. The molecule has 2 aromatic rings. The molecule has 0 aliphatic rings. The normalized spacial score (nSPS) is 10.1. The fourth-order valence-corrected chi connectivity index (χ4v) is 1.53. The van der Waals surface area contributed by atoms with Crippen LogP contribution in [0.4, 0.5) is 0 Å². The highest BCUT2D eigenvalue weighted by molar-refractivity contribution is 5.62. The largest absolute Gasteiger partial charge is 0.315 e. The van der Waals surface area contributed by atoms with E-state index in [0.29, 0.717) is 5.56 Å². The first-order chi connectivity index (χ1) is 7.70. The number of rotatable bonds is 1. The lowest BCUT2D eigenvalue weighted by molar-refractivity contribution is 0.861. The number of benzene rings is 1. The van der Waals surface area contributed by atoms with Gasteiger partial charge in [-0.25, -0.2) is 0 Å². The van der Waals surface area contributed by atoms with Crippen LogP contribution in [0.15, 0.2) is 58.3 Å². The smallest absolute Gasteiger partial charge is 0.298 e. The standard InChI is InChI=1S/C13H11NO2/c1-14-9-5-8-11(12(15)13(14)16)10-6-3-2-4-7-10/h2-9H,1H3. The topological polar surface area (TPSA) is 39.1 Å². The number of hydrogen-bond donors (Lipinski definition) is 0. The molecule has 0 fully saturated rings. The Balaban J connectivity index is 2.80. The number of aryl methyl sites for hydroxylation is 1. The zero-order chi connectivity index (χ0) is 11.5. The van der Waals surface area contributed by atoms with Gasteiger partial charge in [-0.3, -0.25) is 9.59 Å². The second-order valence-electron chi connectivity index (χ2n) is 3.53. The van der Waals surface area contributed by atoms with E-state index in [0.717, 1.165) is 5.56 Å². The first kappa shape index (κ1) is 10.4. The number of aromatic nitrogens is 1. The van der Waals surface area contributed by atoms with Crippen LogP contribution in [-0.2, 0) is 7.05 Å². The maximum Gasteiger partial charge on any atom is 0.298 e. The van der Waals surface area contributed by atoms with Crippen molar-refractivity contribution in [3.05, 3.63) is 69.2 Å². The average Bonchev–Trinajstić information content (AvgIpc) is 2.44. The van der Waals surface area contributed by atoms with E-state index in [1.54, 1.807) is 25.4 Å². The maximum absolute atomic E-state index is 11.9. The SMILES string of the molecule is Cn1cccc(-c2ccccc2)c(=O)c1=O. The molecule has 0 radical (unpaired) electrons. The summed E-state index contributed by atoms with van der Waals surface area (Å²) >= 11 is 0. The van der Waals surface area contributed by atoms with Gasteiger partial charge < -0.3 is 4.57 Å². The van der Waals surface area contributed by atoms with Crippen molar-refractivity contribution < 1.29 is 0 Å². The van der Waals surface area contributed by atoms with Crippen LogP contribution in [0.3, 0.4) is 0 Å². The number of nitrogens with zero attached hydrogens (tertiary/aromatic N) is 1. The molecule has 0 N–H and O–H groups in total. The van der Waals surface area contributed by atoms with Gasteiger partial charge in [-0.15, -0.1) is 0 Å². The van der Waals surface area contributed by atoms with Crippen LogP contribution >= 0.6 is 0 Å². The van der Waals surface area contributed by atoms with Crippen LogP contribution in [0.1, 0.15) is 0 Å². The van der Waals surface area contributed by atoms with Gasteiger partial charge >= 0.3 is 0 Å². The van der Waals surface area contributed by atoms with Crippen LogP contribution in [0.5, 0.6) is 0 Å². The minimum atomic E-state index is -0.510. The molecule has 0 aliphatic heterocycles. The molecule has 0 spiro atoms. The predicted octanol–water partition coefficient (Wildman–Crippen LogP) is 1.41. The Bertz CT molecular complexity index is 615. The van der Waals surface area contributed by atoms with E-state index in [1.807, 2.05) is 30.3 Å². The van der Waals surface area contributed by atoms with Crippen LogP contribution in [0.25, 0.3) is 11.1 Å². The third kappa shape index (κ3) is 1.80. The monoisotopic (exact) mass is 213 g/mol. The molecule has 0 unspecified atom stereocenters. The van der Waals surface area contributed by atoms with Gasteiger partial charge in [-0.2, -0.15) is 0 Å². The Morgan fingerprint density at radius 3 is 2.31 bits per heavy atom. The molecule has 1 heterocycles. The maximum atomic E-state index is 11.9. The van der Waals surface area contributed by atoms with Gasteiger partial charge in [0.15, 0.2) is 0 Å². The molecular formula is C13H11NO2. The van der Waals surface area contributed by atoms with E-state index in [4.69, 9.17) is 0 Å². The van der Waals surface area contributed by atoms with E-state index < -0.39 is 11.0 Å². The lowest BCUT2D eigenvalue weighted by Crippen LogP contribution is -2.30. The second kappa shape index (κ2) is 4.14. The molecule has 16 heavy (non-hydrogen) atoms. The quantitative estimate of drug-likeness (QED) is 0.672. The molecule has 3 nitrogen and oxygen atoms in total. The molecule has 80 valence electrons. The third-order valence-corrected chi connectivity index (χ3v) is 2.42. The highest BCUT2D eigenvalue weighted by Crippen LogP contribution is 2.12. The Morgan fingerprint density at radius 2 is 1.62 bits per heavy atom. The van der Waals surface area contributed by atoms with Crippen molar-refractivity contribution in [3.63, 3.8) is 0 Å². The minimum Gasteiger partial charge on any atom is -0.315 e. The van der Waals surface area contributed by atoms with Crippen molar-refractivity contribution in [1.82, 2.24) is 4.57 Å². The molecule has 2 rings (SSSR count). The average molecular weight is 213 g/mol. The summed E-state index contributed by atoms with van der Waals surface area (Å²) in [5.41, 5.74) is 0.217. The molecule has 0 saturated heterocycles.